The second-order valence-corrected chi connectivity index (χ2v) is 5.49. The van der Waals surface area contributed by atoms with E-state index in [1.807, 2.05) is 11.8 Å². The number of carboxylic acid groups (broad SMARTS) is 1. The zero-order chi connectivity index (χ0) is 15.4. The van der Waals surface area contributed by atoms with E-state index in [2.05, 4.69) is 5.16 Å². The molecule has 1 amide bonds. The van der Waals surface area contributed by atoms with Gasteiger partial charge in [-0.3, -0.25) is 9.59 Å². The molecule has 116 valence electrons. The number of nitrogens with zero attached hydrogens (tertiary/aromatic N) is 2. The fraction of sp³-hybridized carbons (Fsp3) is 0.667. The van der Waals surface area contributed by atoms with Gasteiger partial charge in [0.15, 0.2) is 0 Å². The number of rotatable bonds is 5. The number of hydrogen-bond donors (Lipinski definition) is 1. The summed E-state index contributed by atoms with van der Waals surface area (Å²) in [5.41, 5.74) is 1.24. The molecule has 6 heteroatoms. The SMILES string of the molecule is CCc1noc(C)c1C(=O)N1CCCCC1CCC(=O)O. The largest absolute Gasteiger partial charge is 0.481 e. The molecule has 1 aliphatic heterocycles. The summed E-state index contributed by atoms with van der Waals surface area (Å²) in [5, 5.41) is 12.8. The van der Waals surface area contributed by atoms with Gasteiger partial charge in [-0.15, -0.1) is 0 Å². The Morgan fingerprint density at radius 1 is 1.43 bits per heavy atom. The van der Waals surface area contributed by atoms with E-state index in [0.717, 1.165) is 19.3 Å². The number of carbonyl (C=O) groups is 2. The molecule has 1 aliphatic rings. The summed E-state index contributed by atoms with van der Waals surface area (Å²) in [7, 11) is 0. The van der Waals surface area contributed by atoms with Crippen molar-refractivity contribution in [2.75, 3.05) is 6.54 Å². The maximum atomic E-state index is 12.8. The van der Waals surface area contributed by atoms with Gasteiger partial charge in [0, 0.05) is 19.0 Å². The van der Waals surface area contributed by atoms with Gasteiger partial charge in [0.2, 0.25) is 0 Å². The van der Waals surface area contributed by atoms with E-state index < -0.39 is 5.97 Å². The van der Waals surface area contributed by atoms with Crippen LogP contribution in [0, 0.1) is 6.92 Å². The first-order valence-corrected chi connectivity index (χ1v) is 7.52. The Balaban J connectivity index is 2.18. The number of piperidine rings is 1. The number of aromatic nitrogens is 1. The van der Waals surface area contributed by atoms with Gasteiger partial charge >= 0.3 is 5.97 Å². The van der Waals surface area contributed by atoms with Crippen LogP contribution in [0.3, 0.4) is 0 Å². The third kappa shape index (κ3) is 3.43. The number of carbonyl (C=O) groups excluding carboxylic acids is 1. The van der Waals surface area contributed by atoms with Crippen LogP contribution < -0.4 is 0 Å². The fourth-order valence-corrected chi connectivity index (χ4v) is 2.94. The minimum absolute atomic E-state index is 0.00126. The van der Waals surface area contributed by atoms with Crippen LogP contribution in [-0.2, 0) is 11.2 Å². The van der Waals surface area contributed by atoms with Crippen molar-refractivity contribution in [3.63, 3.8) is 0 Å². The van der Waals surface area contributed by atoms with Crippen LogP contribution in [0.2, 0.25) is 0 Å². The highest BCUT2D eigenvalue weighted by Crippen LogP contribution is 2.25. The van der Waals surface area contributed by atoms with E-state index >= 15 is 0 Å². The minimum atomic E-state index is -0.816. The molecule has 6 nitrogen and oxygen atoms in total. The number of likely N-dealkylation sites (tertiary alicyclic amines) is 1. The second kappa shape index (κ2) is 6.74. The van der Waals surface area contributed by atoms with E-state index in [1.54, 1.807) is 6.92 Å². The molecule has 1 aromatic rings. The first-order valence-electron chi connectivity index (χ1n) is 7.52. The topological polar surface area (TPSA) is 83.6 Å². The number of amides is 1. The van der Waals surface area contributed by atoms with Gasteiger partial charge in [0.1, 0.15) is 11.3 Å². The normalized spacial score (nSPS) is 18.8. The van der Waals surface area contributed by atoms with Crippen LogP contribution in [0.25, 0.3) is 0 Å². The van der Waals surface area contributed by atoms with Gasteiger partial charge in [-0.05, 0) is 39.0 Å². The van der Waals surface area contributed by atoms with Crippen LogP contribution >= 0.6 is 0 Å². The van der Waals surface area contributed by atoms with Crippen molar-refractivity contribution in [3.8, 4) is 0 Å². The molecule has 1 atom stereocenters. The minimum Gasteiger partial charge on any atom is -0.481 e. The summed E-state index contributed by atoms with van der Waals surface area (Å²) in [4.78, 5) is 25.4. The van der Waals surface area contributed by atoms with Gasteiger partial charge in [-0.1, -0.05) is 12.1 Å². The van der Waals surface area contributed by atoms with E-state index in [9.17, 15) is 9.59 Å². The van der Waals surface area contributed by atoms with Crippen LogP contribution in [0.4, 0.5) is 0 Å². The fourth-order valence-electron chi connectivity index (χ4n) is 2.94. The first-order chi connectivity index (χ1) is 10.0. The third-order valence-electron chi connectivity index (χ3n) is 4.06. The highest BCUT2D eigenvalue weighted by molar-refractivity contribution is 5.96. The van der Waals surface area contributed by atoms with Gasteiger partial charge < -0.3 is 14.5 Å². The van der Waals surface area contributed by atoms with Crippen molar-refractivity contribution in [2.24, 2.45) is 0 Å². The Kier molecular flexibility index (Phi) is 4.98. The molecule has 0 aromatic carbocycles. The average molecular weight is 294 g/mol. The third-order valence-corrected chi connectivity index (χ3v) is 4.06. The van der Waals surface area contributed by atoms with Crippen molar-refractivity contribution in [1.82, 2.24) is 10.1 Å². The summed E-state index contributed by atoms with van der Waals surface area (Å²) in [6.45, 7) is 4.36. The molecule has 0 saturated carbocycles. The quantitative estimate of drug-likeness (QED) is 0.901. The van der Waals surface area contributed by atoms with Crippen molar-refractivity contribution < 1.29 is 19.2 Å². The van der Waals surface area contributed by atoms with E-state index in [0.29, 0.717) is 36.4 Å². The lowest BCUT2D eigenvalue weighted by Gasteiger charge is -2.35. The lowest BCUT2D eigenvalue weighted by molar-refractivity contribution is -0.137. The maximum Gasteiger partial charge on any atom is 0.303 e. The molecule has 0 bridgehead atoms. The summed E-state index contributed by atoms with van der Waals surface area (Å²) in [6.07, 6.45) is 4.11. The van der Waals surface area contributed by atoms with Gasteiger partial charge in [-0.25, -0.2) is 0 Å². The van der Waals surface area contributed by atoms with Crippen molar-refractivity contribution in [3.05, 3.63) is 17.0 Å². The Hall–Kier alpha value is -1.85. The highest BCUT2D eigenvalue weighted by Gasteiger charge is 2.31. The van der Waals surface area contributed by atoms with Crippen LogP contribution in [-0.4, -0.2) is 39.6 Å². The highest BCUT2D eigenvalue weighted by atomic mass is 16.5. The van der Waals surface area contributed by atoms with Crippen LogP contribution in [0.1, 0.15) is 60.8 Å². The predicted molar refractivity (Wildman–Crippen MR) is 76.2 cm³/mol. The van der Waals surface area contributed by atoms with Crippen molar-refractivity contribution >= 4 is 11.9 Å². The number of aryl methyl sites for hydroxylation is 2. The van der Waals surface area contributed by atoms with E-state index in [1.165, 1.54) is 0 Å². The zero-order valence-electron chi connectivity index (χ0n) is 12.6. The molecule has 1 saturated heterocycles. The number of hydrogen-bond acceptors (Lipinski definition) is 4. The average Bonchev–Trinajstić information content (AvgIpc) is 2.85. The smallest absolute Gasteiger partial charge is 0.303 e. The van der Waals surface area contributed by atoms with Crippen molar-refractivity contribution in [1.29, 1.82) is 0 Å². The molecule has 0 aliphatic carbocycles. The Labute approximate surface area is 124 Å². The van der Waals surface area contributed by atoms with E-state index in [-0.39, 0.29) is 18.4 Å². The van der Waals surface area contributed by atoms with Gasteiger partial charge in [0.05, 0.1) is 5.69 Å². The Bertz CT molecular complexity index is 524. The van der Waals surface area contributed by atoms with Crippen LogP contribution in [0.5, 0.6) is 0 Å². The predicted octanol–water partition coefficient (Wildman–Crippen LogP) is 2.40. The molecule has 1 fully saturated rings. The number of carboxylic acids is 1. The number of aliphatic carboxylic acids is 1. The lowest BCUT2D eigenvalue weighted by atomic mass is 9.96. The second-order valence-electron chi connectivity index (χ2n) is 5.49. The molecular formula is C15H22N2O4. The summed E-state index contributed by atoms with van der Waals surface area (Å²) >= 11 is 0. The van der Waals surface area contributed by atoms with Crippen molar-refractivity contribution in [2.45, 2.75) is 58.4 Å². The molecule has 0 spiro atoms. The summed E-state index contributed by atoms with van der Waals surface area (Å²) in [5.74, 6) is -0.344. The van der Waals surface area contributed by atoms with E-state index in [4.69, 9.17) is 9.63 Å². The standard InChI is InChI=1S/C15H22N2O4/c1-3-12-14(10(2)21-16-12)15(20)17-9-5-4-6-11(17)7-8-13(18)19/h11H,3-9H2,1-2H3,(H,18,19). The zero-order valence-corrected chi connectivity index (χ0v) is 12.6. The molecule has 1 unspecified atom stereocenters. The molecule has 21 heavy (non-hydrogen) atoms. The maximum absolute atomic E-state index is 12.8. The molecule has 1 aromatic heterocycles. The molecule has 2 rings (SSSR count). The molecule has 1 N–H and O–H groups in total. The Morgan fingerprint density at radius 3 is 2.86 bits per heavy atom. The van der Waals surface area contributed by atoms with Crippen LogP contribution in [0.15, 0.2) is 4.52 Å². The Morgan fingerprint density at radius 2 is 2.19 bits per heavy atom. The summed E-state index contributed by atoms with van der Waals surface area (Å²) < 4.78 is 5.14. The van der Waals surface area contributed by atoms with Gasteiger partial charge in [0.25, 0.3) is 5.91 Å². The monoisotopic (exact) mass is 294 g/mol. The first kappa shape index (κ1) is 15.5. The molecule has 0 radical (unpaired) electrons. The molecule has 2 heterocycles. The lowest BCUT2D eigenvalue weighted by Crippen LogP contribution is -2.44. The molecular weight excluding hydrogens is 272 g/mol. The summed E-state index contributed by atoms with van der Waals surface area (Å²) in [6, 6.07) is 0.00126. The van der Waals surface area contributed by atoms with Gasteiger partial charge in [-0.2, -0.15) is 0 Å².